The van der Waals surface area contributed by atoms with Crippen molar-refractivity contribution >= 4 is 0 Å². The summed E-state index contributed by atoms with van der Waals surface area (Å²) in [6.07, 6.45) is 2.08. The van der Waals surface area contributed by atoms with E-state index in [1.165, 1.54) is 0 Å². The highest BCUT2D eigenvalue weighted by atomic mass is 16.5. The second-order valence-corrected chi connectivity index (χ2v) is 2.74. The van der Waals surface area contributed by atoms with Gasteiger partial charge in [-0.15, -0.1) is 0 Å². The number of methoxy groups -OCH3 is 1. The van der Waals surface area contributed by atoms with Crippen molar-refractivity contribution in [1.82, 2.24) is 9.97 Å². The first-order valence-electron chi connectivity index (χ1n) is 4.14. The molecule has 0 amide bonds. The van der Waals surface area contributed by atoms with Crippen molar-refractivity contribution < 1.29 is 4.74 Å². The molecule has 1 aromatic rings. The van der Waals surface area contributed by atoms with E-state index in [0.29, 0.717) is 6.01 Å². The van der Waals surface area contributed by atoms with Gasteiger partial charge in [-0.05, 0) is 19.4 Å². The molecule has 0 atom stereocenters. The van der Waals surface area contributed by atoms with Crippen molar-refractivity contribution in [3.05, 3.63) is 17.5 Å². The number of aromatic nitrogens is 2. The van der Waals surface area contributed by atoms with E-state index in [1.807, 2.05) is 13.0 Å². The predicted molar refractivity (Wildman–Crippen MR) is 47.3 cm³/mol. The van der Waals surface area contributed by atoms with Crippen LogP contribution in [-0.4, -0.2) is 17.1 Å². The smallest absolute Gasteiger partial charge is 0.316 e. The number of aryl methyl sites for hydroxylation is 2. The number of hydrogen-bond acceptors (Lipinski definition) is 3. The molecular weight excluding hydrogens is 152 g/mol. The van der Waals surface area contributed by atoms with E-state index in [-0.39, 0.29) is 0 Å². The van der Waals surface area contributed by atoms with Gasteiger partial charge in [0.1, 0.15) is 0 Å². The lowest BCUT2D eigenvalue weighted by Gasteiger charge is -2.02. The van der Waals surface area contributed by atoms with Crippen molar-refractivity contribution in [1.29, 1.82) is 0 Å². The van der Waals surface area contributed by atoms with Gasteiger partial charge < -0.3 is 4.74 Å². The molecule has 12 heavy (non-hydrogen) atoms. The third-order valence-corrected chi connectivity index (χ3v) is 1.58. The molecule has 0 N–H and O–H groups in total. The van der Waals surface area contributed by atoms with Gasteiger partial charge in [-0.25, -0.2) is 9.97 Å². The highest BCUT2D eigenvalue weighted by Gasteiger charge is 2.00. The average molecular weight is 166 g/mol. The Kier molecular flexibility index (Phi) is 3.02. The lowest BCUT2D eigenvalue weighted by Crippen LogP contribution is -1.98. The van der Waals surface area contributed by atoms with E-state index < -0.39 is 0 Å². The summed E-state index contributed by atoms with van der Waals surface area (Å²) in [4.78, 5) is 8.31. The van der Waals surface area contributed by atoms with Crippen LogP contribution in [0.3, 0.4) is 0 Å². The molecule has 0 fully saturated rings. The van der Waals surface area contributed by atoms with Gasteiger partial charge in [-0.3, -0.25) is 0 Å². The summed E-state index contributed by atoms with van der Waals surface area (Å²) in [6, 6.07) is 2.46. The molecule has 0 aliphatic heterocycles. The highest BCUT2D eigenvalue weighted by molar-refractivity contribution is 5.12. The molecule has 0 unspecified atom stereocenters. The molecule has 0 aromatic carbocycles. The minimum Gasteiger partial charge on any atom is -0.467 e. The Hall–Kier alpha value is -1.12. The Morgan fingerprint density at radius 2 is 2.17 bits per heavy atom. The zero-order valence-corrected chi connectivity index (χ0v) is 7.79. The van der Waals surface area contributed by atoms with Gasteiger partial charge in [0, 0.05) is 11.4 Å². The Morgan fingerprint density at radius 1 is 1.42 bits per heavy atom. The minimum atomic E-state index is 0.471. The van der Waals surface area contributed by atoms with Crippen molar-refractivity contribution in [3.63, 3.8) is 0 Å². The van der Waals surface area contributed by atoms with Crippen LogP contribution >= 0.6 is 0 Å². The zero-order chi connectivity index (χ0) is 8.97. The lowest BCUT2D eigenvalue weighted by molar-refractivity contribution is 0.377. The second-order valence-electron chi connectivity index (χ2n) is 2.74. The maximum atomic E-state index is 4.96. The molecule has 66 valence electrons. The van der Waals surface area contributed by atoms with Crippen molar-refractivity contribution in [3.8, 4) is 6.01 Å². The molecule has 0 saturated carbocycles. The molecule has 1 aromatic heterocycles. The van der Waals surface area contributed by atoms with Crippen LogP contribution in [0.1, 0.15) is 24.7 Å². The van der Waals surface area contributed by atoms with E-state index in [9.17, 15) is 0 Å². The summed E-state index contributed by atoms with van der Waals surface area (Å²) in [5.41, 5.74) is 2.02. The van der Waals surface area contributed by atoms with E-state index >= 15 is 0 Å². The summed E-state index contributed by atoms with van der Waals surface area (Å²) in [6.45, 7) is 4.08. The quantitative estimate of drug-likeness (QED) is 0.686. The molecule has 0 aliphatic rings. The molecule has 0 saturated heterocycles. The van der Waals surface area contributed by atoms with E-state index in [2.05, 4.69) is 16.9 Å². The first-order valence-corrected chi connectivity index (χ1v) is 4.14. The number of ether oxygens (including phenoxy) is 1. The van der Waals surface area contributed by atoms with Crippen LogP contribution in [0.2, 0.25) is 0 Å². The molecule has 0 bridgehead atoms. The second kappa shape index (κ2) is 4.04. The summed E-state index contributed by atoms with van der Waals surface area (Å²) < 4.78 is 4.96. The molecular formula is C9H14N2O. The molecule has 0 aliphatic carbocycles. The Labute approximate surface area is 72.8 Å². The normalized spacial score (nSPS) is 9.92. The van der Waals surface area contributed by atoms with Crippen LogP contribution in [0.5, 0.6) is 6.01 Å². The van der Waals surface area contributed by atoms with Gasteiger partial charge in [0.25, 0.3) is 0 Å². The zero-order valence-electron chi connectivity index (χ0n) is 7.79. The maximum absolute atomic E-state index is 4.96. The molecule has 3 nitrogen and oxygen atoms in total. The fourth-order valence-electron chi connectivity index (χ4n) is 1.08. The SMILES string of the molecule is CCCc1cc(C)nc(OC)n1. The Balaban J connectivity index is 2.90. The van der Waals surface area contributed by atoms with E-state index in [0.717, 1.165) is 24.2 Å². The highest BCUT2D eigenvalue weighted by Crippen LogP contribution is 2.07. The summed E-state index contributed by atoms with van der Waals surface area (Å²) >= 11 is 0. The average Bonchev–Trinajstić information content (AvgIpc) is 2.04. The summed E-state index contributed by atoms with van der Waals surface area (Å²) in [5.74, 6) is 0. The van der Waals surface area contributed by atoms with Crippen LogP contribution in [0.4, 0.5) is 0 Å². The van der Waals surface area contributed by atoms with E-state index in [4.69, 9.17) is 4.74 Å². The monoisotopic (exact) mass is 166 g/mol. The number of rotatable bonds is 3. The van der Waals surface area contributed by atoms with E-state index in [1.54, 1.807) is 7.11 Å². The van der Waals surface area contributed by atoms with Gasteiger partial charge in [-0.2, -0.15) is 0 Å². The van der Waals surface area contributed by atoms with Gasteiger partial charge in [-0.1, -0.05) is 13.3 Å². The first-order chi connectivity index (χ1) is 5.76. The Bertz CT molecular complexity index is 261. The topological polar surface area (TPSA) is 35.0 Å². The molecule has 1 heterocycles. The first kappa shape index (κ1) is 8.97. The molecule has 0 spiro atoms. The van der Waals surface area contributed by atoms with Gasteiger partial charge in [0.2, 0.25) is 0 Å². The standard InChI is InChI=1S/C9H14N2O/c1-4-5-8-6-7(2)10-9(11-8)12-3/h6H,4-5H2,1-3H3. The largest absolute Gasteiger partial charge is 0.467 e. The van der Waals surface area contributed by atoms with Crippen LogP contribution in [0, 0.1) is 6.92 Å². The van der Waals surface area contributed by atoms with Crippen molar-refractivity contribution in [2.75, 3.05) is 7.11 Å². The van der Waals surface area contributed by atoms with Crippen LogP contribution in [0.15, 0.2) is 6.07 Å². The van der Waals surface area contributed by atoms with Crippen molar-refractivity contribution in [2.24, 2.45) is 0 Å². The third kappa shape index (κ3) is 2.19. The molecule has 1 rings (SSSR count). The molecule has 0 radical (unpaired) electrons. The van der Waals surface area contributed by atoms with Crippen LogP contribution < -0.4 is 4.74 Å². The van der Waals surface area contributed by atoms with Crippen LogP contribution in [-0.2, 0) is 6.42 Å². The summed E-state index contributed by atoms with van der Waals surface area (Å²) in [7, 11) is 1.59. The van der Waals surface area contributed by atoms with Gasteiger partial charge in [0.15, 0.2) is 0 Å². The molecule has 3 heteroatoms. The fourth-order valence-corrected chi connectivity index (χ4v) is 1.08. The Morgan fingerprint density at radius 3 is 2.75 bits per heavy atom. The number of hydrogen-bond donors (Lipinski definition) is 0. The minimum absolute atomic E-state index is 0.471. The lowest BCUT2D eigenvalue weighted by atomic mass is 10.2. The maximum Gasteiger partial charge on any atom is 0.316 e. The number of nitrogens with zero attached hydrogens (tertiary/aromatic N) is 2. The van der Waals surface area contributed by atoms with Gasteiger partial charge >= 0.3 is 6.01 Å². The van der Waals surface area contributed by atoms with Gasteiger partial charge in [0.05, 0.1) is 7.11 Å². The predicted octanol–water partition coefficient (Wildman–Crippen LogP) is 1.75. The summed E-state index contributed by atoms with van der Waals surface area (Å²) in [5, 5.41) is 0. The van der Waals surface area contributed by atoms with Crippen molar-refractivity contribution in [2.45, 2.75) is 26.7 Å². The fraction of sp³-hybridized carbons (Fsp3) is 0.556. The van der Waals surface area contributed by atoms with Crippen LogP contribution in [0.25, 0.3) is 0 Å². The third-order valence-electron chi connectivity index (χ3n) is 1.58.